The van der Waals surface area contributed by atoms with Gasteiger partial charge in [-0.1, -0.05) is 30.3 Å². The second kappa shape index (κ2) is 7.75. The van der Waals surface area contributed by atoms with Gasteiger partial charge in [-0.3, -0.25) is 4.79 Å². The molecule has 1 aliphatic carbocycles. The molecule has 0 amide bonds. The van der Waals surface area contributed by atoms with Crippen LogP contribution in [0.1, 0.15) is 29.9 Å². The highest BCUT2D eigenvalue weighted by molar-refractivity contribution is 5.92. The van der Waals surface area contributed by atoms with E-state index in [-0.39, 0.29) is 11.7 Å². The zero-order valence-corrected chi connectivity index (χ0v) is 14.8. The lowest BCUT2D eigenvalue weighted by molar-refractivity contribution is -0.115. The first-order valence-corrected chi connectivity index (χ1v) is 8.36. The van der Waals surface area contributed by atoms with Crippen LogP contribution in [0.3, 0.4) is 0 Å². The molecule has 1 unspecified atom stereocenters. The Hall–Kier alpha value is -3.26. The molecule has 0 spiro atoms. The monoisotopic (exact) mass is 348 g/mol. The van der Waals surface area contributed by atoms with Gasteiger partial charge in [-0.25, -0.2) is 0 Å². The summed E-state index contributed by atoms with van der Waals surface area (Å²) in [6, 6.07) is 15.5. The Morgan fingerprint density at radius 2 is 1.77 bits per heavy atom. The van der Waals surface area contributed by atoms with Crippen LogP contribution in [0.2, 0.25) is 0 Å². The maximum absolute atomic E-state index is 12.2. The molecule has 5 heteroatoms. The van der Waals surface area contributed by atoms with Gasteiger partial charge in [0.1, 0.15) is 6.07 Å². The number of benzene rings is 2. The Kier molecular flexibility index (Phi) is 5.23. The molecule has 0 bridgehead atoms. The van der Waals surface area contributed by atoms with Crippen molar-refractivity contribution in [3.8, 4) is 17.6 Å². The van der Waals surface area contributed by atoms with Crippen molar-refractivity contribution in [3.05, 3.63) is 65.4 Å². The van der Waals surface area contributed by atoms with Gasteiger partial charge in [-0.05, 0) is 17.9 Å². The molecule has 132 valence electrons. The smallest absolute Gasteiger partial charge is 0.162 e. The topological polar surface area (TPSA) is 71.3 Å². The van der Waals surface area contributed by atoms with Crippen molar-refractivity contribution in [2.75, 3.05) is 19.5 Å². The van der Waals surface area contributed by atoms with Gasteiger partial charge in [0.2, 0.25) is 0 Å². The number of hydrogen-bond donors (Lipinski definition) is 1. The minimum Gasteiger partial charge on any atom is -0.493 e. The van der Waals surface area contributed by atoms with Gasteiger partial charge in [0, 0.05) is 30.3 Å². The van der Waals surface area contributed by atoms with Crippen LogP contribution in [0.25, 0.3) is 0 Å². The molecule has 0 aliphatic heterocycles. The number of carbonyl (C=O) groups excluding carboxylic acids is 1. The van der Waals surface area contributed by atoms with Gasteiger partial charge in [-0.2, -0.15) is 5.26 Å². The minimum absolute atomic E-state index is 0.0755. The Balaban J connectivity index is 1.88. The Morgan fingerprint density at radius 3 is 2.42 bits per heavy atom. The molecule has 0 saturated carbocycles. The molecule has 1 atom stereocenters. The van der Waals surface area contributed by atoms with Crippen molar-refractivity contribution in [2.45, 2.75) is 18.8 Å². The number of nitrogens with one attached hydrogen (secondary N) is 1. The van der Waals surface area contributed by atoms with Crippen molar-refractivity contribution >= 4 is 11.5 Å². The lowest BCUT2D eigenvalue weighted by atomic mass is 9.85. The number of nitrogens with zero attached hydrogens (tertiary/aromatic N) is 1. The molecule has 1 N–H and O–H groups in total. The van der Waals surface area contributed by atoms with Gasteiger partial charge in [-0.15, -0.1) is 0 Å². The number of carbonyl (C=O) groups is 1. The number of ketones is 1. The Bertz CT molecular complexity index is 882. The Labute approximate surface area is 152 Å². The van der Waals surface area contributed by atoms with Crippen LogP contribution >= 0.6 is 0 Å². The Morgan fingerprint density at radius 1 is 1.08 bits per heavy atom. The van der Waals surface area contributed by atoms with E-state index in [9.17, 15) is 10.1 Å². The zero-order chi connectivity index (χ0) is 18.5. The lowest BCUT2D eigenvalue weighted by Crippen LogP contribution is -2.17. The molecule has 26 heavy (non-hydrogen) atoms. The van der Waals surface area contributed by atoms with E-state index in [1.165, 1.54) is 7.11 Å². The van der Waals surface area contributed by atoms with Crippen LogP contribution in [0.4, 0.5) is 5.69 Å². The summed E-state index contributed by atoms with van der Waals surface area (Å²) < 4.78 is 10.6. The first-order valence-electron chi connectivity index (χ1n) is 8.36. The SMILES string of the molecule is COc1cc(C#N)c(NC2=CC(=O)CC(c3ccccc3)C2)cc1OC. The molecule has 2 aromatic carbocycles. The molecule has 0 aromatic heterocycles. The second-order valence-corrected chi connectivity index (χ2v) is 6.14. The molecule has 0 heterocycles. The molecular weight excluding hydrogens is 328 g/mol. The fourth-order valence-electron chi connectivity index (χ4n) is 3.19. The van der Waals surface area contributed by atoms with Gasteiger partial charge >= 0.3 is 0 Å². The molecule has 3 rings (SSSR count). The third-order valence-corrected chi connectivity index (χ3v) is 4.46. The quantitative estimate of drug-likeness (QED) is 0.884. The summed E-state index contributed by atoms with van der Waals surface area (Å²) >= 11 is 0. The molecule has 0 fully saturated rings. The van der Waals surface area contributed by atoms with E-state index in [1.54, 1.807) is 25.3 Å². The van der Waals surface area contributed by atoms with Crippen molar-refractivity contribution < 1.29 is 14.3 Å². The average molecular weight is 348 g/mol. The fraction of sp³-hybridized carbons (Fsp3) is 0.238. The summed E-state index contributed by atoms with van der Waals surface area (Å²) in [5.74, 6) is 1.22. The summed E-state index contributed by atoms with van der Waals surface area (Å²) in [7, 11) is 3.07. The molecule has 0 saturated heterocycles. The van der Waals surface area contributed by atoms with Gasteiger partial charge < -0.3 is 14.8 Å². The average Bonchev–Trinajstić information content (AvgIpc) is 2.67. The van der Waals surface area contributed by atoms with Crippen molar-refractivity contribution in [1.82, 2.24) is 0 Å². The standard InChI is InChI=1S/C21H20N2O3/c1-25-20-10-16(13-22)19(12-21(20)26-2)23-17-8-15(9-18(24)11-17)14-6-4-3-5-7-14/h3-7,10-12,15,23H,8-9H2,1-2H3. The molecule has 1 aliphatic rings. The first-order chi connectivity index (χ1) is 12.6. The van der Waals surface area contributed by atoms with Crippen molar-refractivity contribution in [1.29, 1.82) is 5.26 Å². The number of hydrogen-bond acceptors (Lipinski definition) is 5. The van der Waals surface area contributed by atoms with E-state index in [4.69, 9.17) is 9.47 Å². The number of rotatable bonds is 5. The predicted octanol–water partition coefficient (Wildman–Crippen LogP) is 4.02. The fourth-order valence-corrected chi connectivity index (χ4v) is 3.19. The van der Waals surface area contributed by atoms with E-state index >= 15 is 0 Å². The maximum atomic E-state index is 12.2. The van der Waals surface area contributed by atoms with Crippen molar-refractivity contribution in [3.63, 3.8) is 0 Å². The molecule has 5 nitrogen and oxygen atoms in total. The molecule has 0 radical (unpaired) electrons. The molecular formula is C21H20N2O3. The normalized spacial score (nSPS) is 16.4. The van der Waals surface area contributed by atoms with Gasteiger partial charge in [0.25, 0.3) is 0 Å². The first kappa shape index (κ1) is 17.6. The highest BCUT2D eigenvalue weighted by atomic mass is 16.5. The van der Waals surface area contributed by atoms with E-state index in [2.05, 4.69) is 11.4 Å². The minimum atomic E-state index is 0.0755. The number of ether oxygens (including phenoxy) is 2. The summed E-state index contributed by atoms with van der Waals surface area (Å²) in [6.07, 6.45) is 2.82. The van der Waals surface area contributed by atoms with Crippen molar-refractivity contribution in [2.24, 2.45) is 0 Å². The van der Waals surface area contributed by atoms with E-state index in [0.29, 0.717) is 35.6 Å². The predicted molar refractivity (Wildman–Crippen MR) is 99.4 cm³/mol. The number of methoxy groups -OCH3 is 2. The van der Waals surface area contributed by atoms with E-state index in [0.717, 1.165) is 11.3 Å². The zero-order valence-electron chi connectivity index (χ0n) is 14.8. The number of allylic oxidation sites excluding steroid dienone is 2. The number of nitriles is 1. The largest absolute Gasteiger partial charge is 0.493 e. The van der Waals surface area contributed by atoms with Crippen LogP contribution < -0.4 is 14.8 Å². The van der Waals surface area contributed by atoms with Gasteiger partial charge in [0.15, 0.2) is 17.3 Å². The van der Waals surface area contributed by atoms with Crippen LogP contribution in [0.5, 0.6) is 11.5 Å². The third-order valence-electron chi connectivity index (χ3n) is 4.46. The summed E-state index contributed by atoms with van der Waals surface area (Å²) in [5.41, 5.74) is 2.95. The second-order valence-electron chi connectivity index (χ2n) is 6.14. The summed E-state index contributed by atoms with van der Waals surface area (Å²) in [6.45, 7) is 0. The van der Waals surface area contributed by atoms with Crippen LogP contribution in [0, 0.1) is 11.3 Å². The molecule has 2 aromatic rings. The van der Waals surface area contributed by atoms with E-state index < -0.39 is 0 Å². The van der Waals surface area contributed by atoms with Crippen LogP contribution in [0.15, 0.2) is 54.2 Å². The summed E-state index contributed by atoms with van der Waals surface area (Å²) in [4.78, 5) is 12.2. The number of anilines is 1. The highest BCUT2D eigenvalue weighted by Crippen LogP contribution is 2.36. The van der Waals surface area contributed by atoms with Crippen LogP contribution in [-0.2, 0) is 4.79 Å². The third kappa shape index (κ3) is 3.70. The highest BCUT2D eigenvalue weighted by Gasteiger charge is 2.23. The van der Waals surface area contributed by atoms with Gasteiger partial charge in [0.05, 0.1) is 25.5 Å². The maximum Gasteiger partial charge on any atom is 0.162 e. The lowest BCUT2D eigenvalue weighted by Gasteiger charge is -2.24. The van der Waals surface area contributed by atoms with E-state index in [1.807, 2.05) is 30.3 Å². The summed E-state index contributed by atoms with van der Waals surface area (Å²) in [5, 5.41) is 12.7. The van der Waals surface area contributed by atoms with Crippen LogP contribution in [-0.4, -0.2) is 20.0 Å².